The van der Waals surface area contributed by atoms with Gasteiger partial charge in [0.15, 0.2) is 0 Å². The van der Waals surface area contributed by atoms with Gasteiger partial charge < -0.3 is 14.6 Å². The third-order valence-electron chi connectivity index (χ3n) is 3.11. The van der Waals surface area contributed by atoms with Crippen molar-refractivity contribution in [2.45, 2.75) is 0 Å². The van der Waals surface area contributed by atoms with Crippen LogP contribution < -0.4 is 10.2 Å². The van der Waals surface area contributed by atoms with Gasteiger partial charge in [0.1, 0.15) is 5.82 Å². The predicted octanol–water partition coefficient (Wildman–Crippen LogP) is 1.79. The molecule has 1 saturated heterocycles. The van der Waals surface area contributed by atoms with E-state index in [1.165, 1.54) is 12.1 Å². The van der Waals surface area contributed by atoms with E-state index in [9.17, 15) is 4.39 Å². The molecule has 1 aliphatic heterocycles. The average Bonchev–Trinajstić information content (AvgIpc) is 2.97. The smallest absolute Gasteiger partial charge is 0.318 e. The molecule has 104 valence electrons. The van der Waals surface area contributed by atoms with Crippen LogP contribution in [0.2, 0.25) is 0 Å². The molecule has 5 nitrogen and oxygen atoms in total. The third-order valence-corrected chi connectivity index (χ3v) is 3.11. The topological polar surface area (TPSA) is 54.2 Å². The molecule has 2 heterocycles. The molecule has 1 aliphatic rings. The fraction of sp³-hybridized carbons (Fsp3) is 0.286. The van der Waals surface area contributed by atoms with Crippen molar-refractivity contribution in [3.63, 3.8) is 0 Å². The highest BCUT2D eigenvalue weighted by atomic mass is 19.1. The molecule has 0 bridgehead atoms. The summed E-state index contributed by atoms with van der Waals surface area (Å²) in [5, 5.41) is 11.3. The van der Waals surface area contributed by atoms with Crippen LogP contribution in [-0.4, -0.2) is 36.4 Å². The summed E-state index contributed by atoms with van der Waals surface area (Å²) in [5.74, 6) is 0.198. The van der Waals surface area contributed by atoms with E-state index in [1.807, 2.05) is 6.08 Å². The normalized spacial score (nSPS) is 15.9. The third kappa shape index (κ3) is 3.03. The number of hydrogen-bond donors (Lipinski definition) is 1. The van der Waals surface area contributed by atoms with E-state index in [-0.39, 0.29) is 5.82 Å². The summed E-state index contributed by atoms with van der Waals surface area (Å²) in [6.07, 6.45) is 3.54. The van der Waals surface area contributed by atoms with E-state index in [2.05, 4.69) is 20.4 Å². The van der Waals surface area contributed by atoms with Gasteiger partial charge in [-0.3, -0.25) is 0 Å². The van der Waals surface area contributed by atoms with Crippen LogP contribution in [-0.2, 0) is 0 Å². The van der Waals surface area contributed by atoms with Gasteiger partial charge in [-0.25, -0.2) is 4.39 Å². The summed E-state index contributed by atoms with van der Waals surface area (Å²) in [5.41, 5.74) is 0.883. The Morgan fingerprint density at radius 2 is 1.85 bits per heavy atom. The van der Waals surface area contributed by atoms with Crippen LogP contribution in [0.15, 0.2) is 28.7 Å². The second kappa shape index (κ2) is 5.83. The van der Waals surface area contributed by atoms with E-state index >= 15 is 0 Å². The summed E-state index contributed by atoms with van der Waals surface area (Å²) in [7, 11) is 0. The van der Waals surface area contributed by atoms with Crippen molar-refractivity contribution >= 4 is 18.2 Å². The van der Waals surface area contributed by atoms with Crippen molar-refractivity contribution in [2.24, 2.45) is 0 Å². The molecule has 1 aromatic heterocycles. The summed E-state index contributed by atoms with van der Waals surface area (Å²) < 4.78 is 18.4. The van der Waals surface area contributed by atoms with Crippen molar-refractivity contribution in [3.05, 3.63) is 41.5 Å². The van der Waals surface area contributed by atoms with Crippen molar-refractivity contribution in [3.8, 4) is 0 Å². The Morgan fingerprint density at radius 3 is 2.60 bits per heavy atom. The minimum Gasteiger partial charge on any atom is -0.404 e. The molecule has 20 heavy (non-hydrogen) atoms. The monoisotopic (exact) mass is 274 g/mol. The first-order chi connectivity index (χ1) is 9.81. The van der Waals surface area contributed by atoms with Crippen LogP contribution in [0.25, 0.3) is 12.2 Å². The number of aromatic nitrogens is 2. The lowest BCUT2D eigenvalue weighted by atomic mass is 10.2. The number of halogens is 1. The maximum absolute atomic E-state index is 12.8. The van der Waals surface area contributed by atoms with Gasteiger partial charge in [-0.2, -0.15) is 0 Å². The van der Waals surface area contributed by atoms with Gasteiger partial charge in [0.2, 0.25) is 5.89 Å². The second-order valence-corrected chi connectivity index (χ2v) is 4.54. The Labute approximate surface area is 116 Å². The summed E-state index contributed by atoms with van der Waals surface area (Å²) >= 11 is 0. The van der Waals surface area contributed by atoms with Gasteiger partial charge in [-0.1, -0.05) is 17.2 Å². The van der Waals surface area contributed by atoms with E-state index < -0.39 is 0 Å². The van der Waals surface area contributed by atoms with E-state index in [0.717, 1.165) is 31.7 Å². The fourth-order valence-corrected chi connectivity index (χ4v) is 2.02. The lowest BCUT2D eigenvalue weighted by molar-refractivity contribution is 0.493. The highest BCUT2D eigenvalue weighted by Gasteiger charge is 2.15. The first-order valence-electron chi connectivity index (χ1n) is 6.54. The Morgan fingerprint density at radius 1 is 1.10 bits per heavy atom. The van der Waals surface area contributed by atoms with Gasteiger partial charge in [0, 0.05) is 32.3 Å². The highest BCUT2D eigenvalue weighted by Crippen LogP contribution is 2.15. The summed E-state index contributed by atoms with van der Waals surface area (Å²) in [6, 6.07) is 6.77. The van der Waals surface area contributed by atoms with Gasteiger partial charge in [-0.15, -0.1) is 5.10 Å². The number of piperazine rings is 1. The molecule has 2 aromatic rings. The predicted molar refractivity (Wildman–Crippen MR) is 74.7 cm³/mol. The van der Waals surface area contributed by atoms with Gasteiger partial charge in [-0.05, 0) is 23.8 Å². The quantitative estimate of drug-likeness (QED) is 0.924. The zero-order chi connectivity index (χ0) is 13.8. The standard InChI is InChI=1S/C14H15FN4O/c15-12-4-1-11(2-5-12)3-6-13-17-18-14(20-13)19-9-7-16-8-10-19/h1-6,16H,7-10H2/b6-3+. The van der Waals surface area contributed by atoms with Crippen molar-refractivity contribution in [2.75, 3.05) is 31.1 Å². The molecule has 0 unspecified atom stereocenters. The zero-order valence-corrected chi connectivity index (χ0v) is 10.9. The SMILES string of the molecule is Fc1ccc(/C=C/c2nnc(N3CCNCC3)o2)cc1. The minimum absolute atomic E-state index is 0.249. The Hall–Kier alpha value is -2.21. The largest absolute Gasteiger partial charge is 0.404 e. The molecule has 1 aromatic carbocycles. The number of hydrogen-bond acceptors (Lipinski definition) is 5. The van der Waals surface area contributed by atoms with Crippen molar-refractivity contribution < 1.29 is 8.81 Å². The van der Waals surface area contributed by atoms with Crippen LogP contribution in [0.1, 0.15) is 11.5 Å². The van der Waals surface area contributed by atoms with Crippen molar-refractivity contribution in [1.82, 2.24) is 15.5 Å². The number of nitrogens with zero attached hydrogens (tertiary/aromatic N) is 3. The molecular weight excluding hydrogens is 259 g/mol. The molecule has 0 spiro atoms. The van der Waals surface area contributed by atoms with Crippen LogP contribution in [0.5, 0.6) is 0 Å². The summed E-state index contributed by atoms with van der Waals surface area (Å²) in [4.78, 5) is 2.05. The van der Waals surface area contributed by atoms with Crippen LogP contribution in [0.3, 0.4) is 0 Å². The second-order valence-electron chi connectivity index (χ2n) is 4.54. The molecule has 0 atom stereocenters. The molecule has 3 rings (SSSR count). The van der Waals surface area contributed by atoms with E-state index in [0.29, 0.717) is 11.9 Å². The Balaban J connectivity index is 1.68. The number of benzene rings is 1. The number of rotatable bonds is 3. The molecule has 0 aliphatic carbocycles. The number of nitrogens with one attached hydrogen (secondary N) is 1. The molecule has 6 heteroatoms. The molecule has 0 saturated carbocycles. The molecule has 1 N–H and O–H groups in total. The first-order valence-corrected chi connectivity index (χ1v) is 6.54. The zero-order valence-electron chi connectivity index (χ0n) is 10.9. The Bertz CT molecular complexity index is 587. The fourth-order valence-electron chi connectivity index (χ4n) is 2.02. The maximum Gasteiger partial charge on any atom is 0.318 e. The molecule has 1 fully saturated rings. The highest BCUT2D eigenvalue weighted by molar-refractivity contribution is 5.65. The molecular formula is C14H15FN4O. The molecule has 0 amide bonds. The number of anilines is 1. The van der Waals surface area contributed by atoms with Gasteiger partial charge >= 0.3 is 6.01 Å². The van der Waals surface area contributed by atoms with Crippen LogP contribution >= 0.6 is 0 Å². The lowest BCUT2D eigenvalue weighted by Crippen LogP contribution is -2.43. The van der Waals surface area contributed by atoms with Crippen LogP contribution in [0, 0.1) is 5.82 Å². The van der Waals surface area contributed by atoms with E-state index in [4.69, 9.17) is 4.42 Å². The lowest BCUT2D eigenvalue weighted by Gasteiger charge is -2.24. The van der Waals surface area contributed by atoms with E-state index in [1.54, 1.807) is 18.2 Å². The minimum atomic E-state index is -0.249. The Kier molecular flexibility index (Phi) is 3.73. The van der Waals surface area contributed by atoms with Gasteiger partial charge in [0.25, 0.3) is 0 Å². The van der Waals surface area contributed by atoms with Crippen molar-refractivity contribution in [1.29, 1.82) is 0 Å². The van der Waals surface area contributed by atoms with Crippen LogP contribution in [0.4, 0.5) is 10.4 Å². The maximum atomic E-state index is 12.8. The van der Waals surface area contributed by atoms with Gasteiger partial charge in [0.05, 0.1) is 0 Å². The summed E-state index contributed by atoms with van der Waals surface area (Å²) in [6.45, 7) is 3.57. The first kappa shape index (κ1) is 12.8. The average molecular weight is 274 g/mol. The molecule has 0 radical (unpaired) electrons.